The molecule has 0 saturated carbocycles. The van der Waals surface area contributed by atoms with Crippen molar-refractivity contribution in [1.82, 2.24) is 14.7 Å². The van der Waals surface area contributed by atoms with Crippen LogP contribution in [-0.4, -0.2) is 73.3 Å². The van der Waals surface area contributed by atoms with Crippen LogP contribution in [-0.2, 0) is 16.0 Å². The molecule has 0 aliphatic carbocycles. The van der Waals surface area contributed by atoms with Crippen LogP contribution in [0.2, 0.25) is 0 Å². The van der Waals surface area contributed by atoms with E-state index in [2.05, 4.69) is 0 Å². The normalized spacial score (nSPS) is 19.1. The number of amides is 2. The molecule has 0 spiro atoms. The molecule has 5 nitrogen and oxygen atoms in total. The minimum atomic E-state index is -0.370. The summed E-state index contributed by atoms with van der Waals surface area (Å²) in [5.41, 5.74) is 0.391. The Bertz CT molecular complexity index is 562. The first-order chi connectivity index (χ1) is 10.4. The third kappa shape index (κ3) is 3.62. The second kappa shape index (κ2) is 6.87. The number of halogens is 1. The Hall–Kier alpha value is -1.95. The Morgan fingerprint density at radius 2 is 1.95 bits per heavy atom. The maximum Gasteiger partial charge on any atom is 0.241 e. The molecular formula is C16H22FN3O2. The number of rotatable bonds is 3. The van der Waals surface area contributed by atoms with E-state index in [1.807, 2.05) is 11.9 Å². The first kappa shape index (κ1) is 16.4. The van der Waals surface area contributed by atoms with Crippen LogP contribution in [0.1, 0.15) is 5.56 Å². The molecule has 1 fully saturated rings. The molecule has 2 rings (SSSR count). The van der Waals surface area contributed by atoms with Crippen molar-refractivity contribution in [2.24, 2.45) is 0 Å². The molecule has 120 valence electrons. The van der Waals surface area contributed by atoms with E-state index < -0.39 is 0 Å². The first-order valence-electron chi connectivity index (χ1n) is 7.32. The van der Waals surface area contributed by atoms with Gasteiger partial charge in [0.15, 0.2) is 0 Å². The lowest BCUT2D eigenvalue weighted by Crippen LogP contribution is -2.58. The molecule has 1 heterocycles. The minimum absolute atomic E-state index is 0.0223. The van der Waals surface area contributed by atoms with Crippen molar-refractivity contribution >= 4 is 11.8 Å². The highest BCUT2D eigenvalue weighted by atomic mass is 19.1. The molecule has 6 heteroatoms. The van der Waals surface area contributed by atoms with Crippen molar-refractivity contribution in [3.05, 3.63) is 35.6 Å². The zero-order chi connectivity index (χ0) is 16.3. The van der Waals surface area contributed by atoms with Gasteiger partial charge in [0.1, 0.15) is 11.9 Å². The third-order valence-corrected chi connectivity index (χ3v) is 4.03. The van der Waals surface area contributed by atoms with Crippen LogP contribution in [0.5, 0.6) is 0 Å². The van der Waals surface area contributed by atoms with E-state index in [1.54, 1.807) is 37.2 Å². The second-order valence-corrected chi connectivity index (χ2v) is 5.84. The first-order valence-corrected chi connectivity index (χ1v) is 7.32. The Labute approximate surface area is 130 Å². The van der Waals surface area contributed by atoms with Crippen molar-refractivity contribution in [3.8, 4) is 0 Å². The second-order valence-electron chi connectivity index (χ2n) is 5.84. The van der Waals surface area contributed by atoms with Gasteiger partial charge in [-0.15, -0.1) is 0 Å². The summed E-state index contributed by atoms with van der Waals surface area (Å²) in [6.45, 7) is 1.54. The summed E-state index contributed by atoms with van der Waals surface area (Å²) in [5.74, 6) is -0.536. The Morgan fingerprint density at radius 1 is 1.27 bits per heavy atom. The number of carbonyl (C=O) groups is 2. The van der Waals surface area contributed by atoms with E-state index in [0.29, 0.717) is 25.2 Å². The number of nitrogens with zero attached hydrogens (tertiary/aromatic N) is 3. The van der Waals surface area contributed by atoms with Crippen LogP contribution in [0.25, 0.3) is 0 Å². The molecule has 0 aromatic heterocycles. The summed E-state index contributed by atoms with van der Waals surface area (Å²) in [6.07, 6.45) is 0.0270. The molecule has 0 unspecified atom stereocenters. The predicted molar refractivity (Wildman–Crippen MR) is 81.8 cm³/mol. The fourth-order valence-electron chi connectivity index (χ4n) is 2.58. The molecule has 1 atom stereocenters. The summed E-state index contributed by atoms with van der Waals surface area (Å²) >= 11 is 0. The largest absolute Gasteiger partial charge is 0.347 e. The molecule has 1 aliphatic rings. The van der Waals surface area contributed by atoms with Gasteiger partial charge in [0.25, 0.3) is 0 Å². The summed E-state index contributed by atoms with van der Waals surface area (Å²) in [5, 5.41) is 0. The van der Waals surface area contributed by atoms with E-state index in [4.69, 9.17) is 0 Å². The Morgan fingerprint density at radius 3 is 2.59 bits per heavy atom. The van der Waals surface area contributed by atoms with Crippen LogP contribution in [0.15, 0.2) is 24.3 Å². The molecule has 2 amide bonds. The van der Waals surface area contributed by atoms with Gasteiger partial charge in [-0.2, -0.15) is 0 Å². The lowest BCUT2D eigenvalue weighted by Gasteiger charge is -2.39. The summed E-state index contributed by atoms with van der Waals surface area (Å²) < 4.78 is 13.7. The average molecular weight is 307 g/mol. The summed E-state index contributed by atoms with van der Waals surface area (Å²) in [6, 6.07) is 5.95. The average Bonchev–Trinajstić information content (AvgIpc) is 2.49. The van der Waals surface area contributed by atoms with E-state index in [1.165, 1.54) is 11.0 Å². The number of carbonyl (C=O) groups excluding carboxylic acids is 2. The quantitative estimate of drug-likeness (QED) is 0.821. The molecule has 22 heavy (non-hydrogen) atoms. The van der Waals surface area contributed by atoms with Gasteiger partial charge >= 0.3 is 0 Å². The lowest BCUT2D eigenvalue weighted by molar-refractivity contribution is -0.141. The molecule has 1 aromatic rings. The third-order valence-electron chi connectivity index (χ3n) is 4.03. The molecular weight excluding hydrogens is 285 g/mol. The highest BCUT2D eigenvalue weighted by Gasteiger charge is 2.33. The van der Waals surface area contributed by atoms with Gasteiger partial charge in [-0.3, -0.25) is 14.5 Å². The molecule has 0 N–H and O–H groups in total. The summed E-state index contributed by atoms with van der Waals surface area (Å²) in [7, 11) is 5.29. The minimum Gasteiger partial charge on any atom is -0.347 e. The smallest absolute Gasteiger partial charge is 0.241 e. The summed E-state index contributed by atoms with van der Waals surface area (Å²) in [4.78, 5) is 29.7. The van der Waals surface area contributed by atoms with Crippen LogP contribution < -0.4 is 0 Å². The standard InChI is InChI=1S/C16H22FN3O2/c1-18(2)16(22)14-11-20(9-8-19(14)3)15(21)10-12-6-4-5-7-13(12)17/h4-7,14H,8-11H2,1-3H3/t14-/m0/s1. The maximum atomic E-state index is 13.7. The molecule has 1 aliphatic heterocycles. The molecule has 1 aromatic carbocycles. The Kier molecular flexibility index (Phi) is 5.13. The SMILES string of the molecule is CN(C)C(=O)[C@@H]1CN(C(=O)Cc2ccccc2F)CCN1C. The van der Waals surface area contributed by atoms with E-state index >= 15 is 0 Å². The van der Waals surface area contributed by atoms with Crippen LogP contribution >= 0.6 is 0 Å². The predicted octanol–water partition coefficient (Wildman–Crippen LogP) is 0.599. The molecule has 0 bridgehead atoms. The van der Waals surface area contributed by atoms with Gasteiger partial charge in [0.05, 0.1) is 6.42 Å². The van der Waals surface area contributed by atoms with E-state index in [-0.39, 0.29) is 30.1 Å². The van der Waals surface area contributed by atoms with E-state index in [0.717, 1.165) is 0 Å². The van der Waals surface area contributed by atoms with Gasteiger partial charge in [-0.1, -0.05) is 18.2 Å². The molecule has 1 saturated heterocycles. The number of piperazine rings is 1. The van der Waals surface area contributed by atoms with Gasteiger partial charge in [-0.25, -0.2) is 4.39 Å². The Balaban J connectivity index is 2.04. The van der Waals surface area contributed by atoms with Gasteiger partial charge in [-0.05, 0) is 18.7 Å². The van der Waals surface area contributed by atoms with E-state index in [9.17, 15) is 14.0 Å². The monoisotopic (exact) mass is 307 g/mol. The van der Waals surface area contributed by atoms with Crippen LogP contribution in [0, 0.1) is 5.82 Å². The van der Waals surface area contributed by atoms with Crippen molar-refractivity contribution in [3.63, 3.8) is 0 Å². The zero-order valence-electron chi connectivity index (χ0n) is 13.3. The highest BCUT2D eigenvalue weighted by molar-refractivity contribution is 5.84. The zero-order valence-corrected chi connectivity index (χ0v) is 13.3. The fraction of sp³-hybridized carbons (Fsp3) is 0.500. The lowest BCUT2D eigenvalue weighted by atomic mass is 10.1. The number of hydrogen-bond donors (Lipinski definition) is 0. The van der Waals surface area contributed by atoms with Gasteiger partial charge in [0.2, 0.25) is 11.8 Å². The maximum absolute atomic E-state index is 13.7. The highest BCUT2D eigenvalue weighted by Crippen LogP contribution is 2.13. The van der Waals surface area contributed by atoms with Crippen molar-refractivity contribution in [2.75, 3.05) is 40.8 Å². The fourth-order valence-corrected chi connectivity index (χ4v) is 2.58. The van der Waals surface area contributed by atoms with Gasteiger partial charge in [0, 0.05) is 33.7 Å². The van der Waals surface area contributed by atoms with Crippen LogP contribution in [0.3, 0.4) is 0 Å². The van der Waals surface area contributed by atoms with Crippen LogP contribution in [0.4, 0.5) is 4.39 Å². The number of hydrogen-bond acceptors (Lipinski definition) is 3. The number of likely N-dealkylation sites (N-methyl/N-ethyl adjacent to an activating group) is 2. The van der Waals surface area contributed by atoms with Crippen molar-refractivity contribution in [2.45, 2.75) is 12.5 Å². The van der Waals surface area contributed by atoms with Crippen molar-refractivity contribution in [1.29, 1.82) is 0 Å². The number of benzene rings is 1. The van der Waals surface area contributed by atoms with Gasteiger partial charge < -0.3 is 9.80 Å². The topological polar surface area (TPSA) is 43.9 Å². The molecule has 0 radical (unpaired) electrons. The van der Waals surface area contributed by atoms with Crippen molar-refractivity contribution < 1.29 is 14.0 Å².